The number of nitrogens with zero attached hydrogens (tertiary/aromatic N) is 2. The minimum absolute atomic E-state index is 0.337. The highest BCUT2D eigenvalue weighted by Crippen LogP contribution is 2.25. The fraction of sp³-hybridized carbons (Fsp3) is 0.278. The van der Waals surface area contributed by atoms with Gasteiger partial charge >= 0.3 is 0 Å². The van der Waals surface area contributed by atoms with Crippen LogP contribution in [0.3, 0.4) is 0 Å². The van der Waals surface area contributed by atoms with E-state index in [1.807, 2.05) is 18.5 Å². The molecule has 112 valence electrons. The number of aromatic amines is 1. The first-order valence-corrected chi connectivity index (χ1v) is 7.82. The molecule has 1 aliphatic rings. The van der Waals surface area contributed by atoms with Crippen molar-refractivity contribution >= 4 is 10.9 Å². The van der Waals surface area contributed by atoms with Gasteiger partial charge in [0.2, 0.25) is 0 Å². The van der Waals surface area contributed by atoms with Gasteiger partial charge in [-0.3, -0.25) is 9.88 Å². The molecule has 0 amide bonds. The van der Waals surface area contributed by atoms with E-state index in [9.17, 15) is 0 Å². The van der Waals surface area contributed by atoms with Crippen LogP contribution < -0.4 is 5.32 Å². The average Bonchev–Trinajstić information content (AvgIpc) is 3.06. The highest BCUT2D eigenvalue weighted by atomic mass is 15.2. The van der Waals surface area contributed by atoms with Crippen molar-refractivity contribution in [1.29, 1.82) is 0 Å². The second-order valence-electron chi connectivity index (χ2n) is 5.80. The van der Waals surface area contributed by atoms with E-state index in [1.54, 1.807) is 0 Å². The van der Waals surface area contributed by atoms with Crippen molar-refractivity contribution < 1.29 is 0 Å². The third-order valence-electron chi connectivity index (χ3n) is 4.44. The molecule has 0 aliphatic carbocycles. The van der Waals surface area contributed by atoms with Crippen molar-refractivity contribution in [1.82, 2.24) is 20.2 Å². The van der Waals surface area contributed by atoms with E-state index in [4.69, 9.17) is 0 Å². The van der Waals surface area contributed by atoms with Gasteiger partial charge in [0, 0.05) is 49.5 Å². The van der Waals surface area contributed by atoms with E-state index in [0.29, 0.717) is 6.04 Å². The number of H-pyrrole nitrogens is 1. The number of benzene rings is 1. The maximum Gasteiger partial charge on any atom is 0.0650 e. The Hall–Kier alpha value is -2.17. The molecule has 1 aromatic carbocycles. The molecule has 1 fully saturated rings. The predicted molar refractivity (Wildman–Crippen MR) is 88.6 cm³/mol. The Morgan fingerprint density at radius 3 is 3.05 bits per heavy atom. The zero-order valence-corrected chi connectivity index (χ0v) is 12.5. The number of fused-ring (bicyclic) bond motifs is 1. The summed E-state index contributed by atoms with van der Waals surface area (Å²) in [5.41, 5.74) is 3.74. The molecule has 4 rings (SSSR count). The Morgan fingerprint density at radius 2 is 2.14 bits per heavy atom. The number of hydrogen-bond acceptors (Lipinski definition) is 3. The van der Waals surface area contributed by atoms with Crippen LogP contribution in [-0.2, 0) is 6.54 Å². The molecule has 1 aliphatic heterocycles. The summed E-state index contributed by atoms with van der Waals surface area (Å²) in [6.07, 6.45) is 3.90. The van der Waals surface area contributed by atoms with Crippen molar-refractivity contribution in [2.24, 2.45) is 0 Å². The molecule has 0 spiro atoms. The van der Waals surface area contributed by atoms with Gasteiger partial charge < -0.3 is 10.3 Å². The largest absolute Gasteiger partial charge is 0.361 e. The zero-order valence-electron chi connectivity index (χ0n) is 12.5. The normalized spacial score (nSPS) is 19.5. The van der Waals surface area contributed by atoms with E-state index in [-0.39, 0.29) is 0 Å². The number of aromatic nitrogens is 2. The number of nitrogens with one attached hydrogen (secondary N) is 2. The lowest BCUT2D eigenvalue weighted by Crippen LogP contribution is -2.45. The molecule has 0 saturated carbocycles. The Morgan fingerprint density at radius 1 is 1.14 bits per heavy atom. The molecule has 2 N–H and O–H groups in total. The summed E-state index contributed by atoms with van der Waals surface area (Å²) in [6, 6.07) is 15.2. The van der Waals surface area contributed by atoms with E-state index >= 15 is 0 Å². The van der Waals surface area contributed by atoms with Crippen LogP contribution in [0.15, 0.2) is 54.9 Å². The molecular formula is C18H20N4. The quantitative estimate of drug-likeness (QED) is 0.780. The molecule has 1 atom stereocenters. The second-order valence-corrected chi connectivity index (χ2v) is 5.80. The average molecular weight is 292 g/mol. The standard InChI is InChI=1S/C18H20N4/c1-2-8-20-17(5-1)18-12-19-10-11-22(18)13-14-4-3-6-16-15(14)7-9-21-16/h1-9,18-19,21H,10-13H2. The second kappa shape index (κ2) is 5.91. The van der Waals surface area contributed by atoms with Gasteiger partial charge in [0.05, 0.1) is 11.7 Å². The summed E-state index contributed by atoms with van der Waals surface area (Å²) >= 11 is 0. The van der Waals surface area contributed by atoms with Crippen molar-refractivity contribution in [3.63, 3.8) is 0 Å². The van der Waals surface area contributed by atoms with Gasteiger partial charge in [0.25, 0.3) is 0 Å². The summed E-state index contributed by atoms with van der Waals surface area (Å²) in [4.78, 5) is 10.4. The van der Waals surface area contributed by atoms with Crippen LogP contribution in [-0.4, -0.2) is 34.5 Å². The maximum atomic E-state index is 4.56. The van der Waals surface area contributed by atoms with Crippen molar-refractivity contribution in [2.75, 3.05) is 19.6 Å². The maximum absolute atomic E-state index is 4.56. The lowest BCUT2D eigenvalue weighted by Gasteiger charge is -2.36. The summed E-state index contributed by atoms with van der Waals surface area (Å²) in [5.74, 6) is 0. The van der Waals surface area contributed by atoms with Gasteiger partial charge in [-0.1, -0.05) is 18.2 Å². The van der Waals surface area contributed by atoms with Crippen molar-refractivity contribution in [3.8, 4) is 0 Å². The molecule has 4 nitrogen and oxygen atoms in total. The van der Waals surface area contributed by atoms with E-state index in [2.05, 4.69) is 56.6 Å². The lowest BCUT2D eigenvalue weighted by atomic mass is 10.1. The van der Waals surface area contributed by atoms with Crippen LogP contribution in [0.5, 0.6) is 0 Å². The van der Waals surface area contributed by atoms with Gasteiger partial charge in [0.1, 0.15) is 0 Å². The Labute approximate surface area is 130 Å². The summed E-state index contributed by atoms with van der Waals surface area (Å²) in [7, 11) is 0. The first kappa shape index (κ1) is 13.5. The molecular weight excluding hydrogens is 272 g/mol. The smallest absolute Gasteiger partial charge is 0.0650 e. The van der Waals surface area contributed by atoms with Crippen LogP contribution in [0, 0.1) is 0 Å². The van der Waals surface area contributed by atoms with Crippen LogP contribution >= 0.6 is 0 Å². The fourth-order valence-corrected chi connectivity index (χ4v) is 3.31. The minimum Gasteiger partial charge on any atom is -0.361 e. The van der Waals surface area contributed by atoms with Crippen LogP contribution in [0.25, 0.3) is 10.9 Å². The Kier molecular flexibility index (Phi) is 3.62. The predicted octanol–water partition coefficient (Wildman–Crippen LogP) is 2.71. The third-order valence-corrected chi connectivity index (χ3v) is 4.44. The van der Waals surface area contributed by atoms with Crippen molar-refractivity contribution in [3.05, 3.63) is 66.1 Å². The number of pyridine rings is 1. The molecule has 22 heavy (non-hydrogen) atoms. The van der Waals surface area contributed by atoms with Gasteiger partial charge in [-0.15, -0.1) is 0 Å². The topological polar surface area (TPSA) is 44.0 Å². The molecule has 2 aromatic heterocycles. The van der Waals surface area contributed by atoms with E-state index < -0.39 is 0 Å². The summed E-state index contributed by atoms with van der Waals surface area (Å²) in [6.45, 7) is 3.99. The first-order chi connectivity index (χ1) is 10.9. The monoisotopic (exact) mass is 292 g/mol. The fourth-order valence-electron chi connectivity index (χ4n) is 3.31. The first-order valence-electron chi connectivity index (χ1n) is 7.82. The molecule has 3 aromatic rings. The molecule has 4 heteroatoms. The molecule has 0 bridgehead atoms. The molecule has 1 saturated heterocycles. The minimum atomic E-state index is 0.337. The molecule has 1 unspecified atom stereocenters. The van der Waals surface area contributed by atoms with Crippen LogP contribution in [0.2, 0.25) is 0 Å². The third kappa shape index (κ3) is 2.51. The van der Waals surface area contributed by atoms with Gasteiger partial charge in [-0.25, -0.2) is 0 Å². The van der Waals surface area contributed by atoms with E-state index in [0.717, 1.165) is 31.9 Å². The van der Waals surface area contributed by atoms with Gasteiger partial charge in [-0.2, -0.15) is 0 Å². The zero-order chi connectivity index (χ0) is 14.8. The lowest BCUT2D eigenvalue weighted by molar-refractivity contribution is 0.151. The SMILES string of the molecule is c1ccc(C2CNCCN2Cc2cccc3[nH]ccc23)nc1. The summed E-state index contributed by atoms with van der Waals surface area (Å²) < 4.78 is 0. The summed E-state index contributed by atoms with van der Waals surface area (Å²) in [5, 5.41) is 4.81. The van der Waals surface area contributed by atoms with Crippen LogP contribution in [0.1, 0.15) is 17.3 Å². The Bertz CT molecular complexity index is 750. The molecule has 0 radical (unpaired) electrons. The highest BCUT2D eigenvalue weighted by molar-refractivity contribution is 5.82. The van der Waals surface area contributed by atoms with Crippen LogP contribution in [0.4, 0.5) is 0 Å². The van der Waals surface area contributed by atoms with Gasteiger partial charge in [0.15, 0.2) is 0 Å². The van der Waals surface area contributed by atoms with Gasteiger partial charge in [-0.05, 0) is 29.8 Å². The number of piperazine rings is 1. The number of hydrogen-bond donors (Lipinski definition) is 2. The molecule has 3 heterocycles. The van der Waals surface area contributed by atoms with E-state index in [1.165, 1.54) is 16.5 Å². The Balaban J connectivity index is 1.64. The van der Waals surface area contributed by atoms with Crippen molar-refractivity contribution in [2.45, 2.75) is 12.6 Å². The highest BCUT2D eigenvalue weighted by Gasteiger charge is 2.25. The number of rotatable bonds is 3.